The number of carbonyl (C=O) groups is 1. The van der Waals surface area contributed by atoms with E-state index in [1.165, 1.54) is 18.6 Å². The van der Waals surface area contributed by atoms with Crippen molar-refractivity contribution in [1.82, 2.24) is 19.7 Å². The largest absolute Gasteiger partial charge is 0.456 e. The Kier molecular flexibility index (Phi) is 4.14. The number of rotatable bonds is 4. The van der Waals surface area contributed by atoms with E-state index >= 15 is 0 Å². The fraction of sp³-hybridized carbons (Fsp3) is 0.176. The predicted molar refractivity (Wildman–Crippen MR) is 84.2 cm³/mol. The van der Waals surface area contributed by atoms with Crippen molar-refractivity contribution in [2.75, 3.05) is 0 Å². The molecule has 3 aromatic rings. The average Bonchev–Trinajstić information content (AvgIpc) is 2.92. The SMILES string of the molecule is Cc1cc(C)n(-c2ccc(COC(=O)c3cnccn3)cc2)n1. The van der Waals surface area contributed by atoms with Crippen LogP contribution < -0.4 is 0 Å². The molecule has 0 aliphatic rings. The highest BCUT2D eigenvalue weighted by Crippen LogP contribution is 2.14. The summed E-state index contributed by atoms with van der Waals surface area (Å²) in [5.41, 5.74) is 4.12. The van der Waals surface area contributed by atoms with Crippen LogP contribution in [0.1, 0.15) is 27.4 Å². The molecule has 0 amide bonds. The van der Waals surface area contributed by atoms with E-state index in [4.69, 9.17) is 4.74 Å². The van der Waals surface area contributed by atoms with Gasteiger partial charge in [0.1, 0.15) is 6.61 Å². The minimum atomic E-state index is -0.485. The second-order valence-corrected chi connectivity index (χ2v) is 5.17. The summed E-state index contributed by atoms with van der Waals surface area (Å²) in [5, 5.41) is 4.44. The van der Waals surface area contributed by atoms with Crippen molar-refractivity contribution < 1.29 is 9.53 Å². The monoisotopic (exact) mass is 308 g/mol. The normalized spacial score (nSPS) is 10.5. The lowest BCUT2D eigenvalue weighted by Crippen LogP contribution is -2.07. The van der Waals surface area contributed by atoms with Gasteiger partial charge in [0.05, 0.1) is 17.6 Å². The molecule has 1 aromatic carbocycles. The Morgan fingerprint density at radius 2 is 1.96 bits per heavy atom. The standard InChI is InChI=1S/C17H16N4O2/c1-12-9-13(2)21(20-12)15-5-3-14(4-6-15)11-23-17(22)16-10-18-7-8-19-16/h3-10H,11H2,1-2H3. The maximum atomic E-state index is 11.8. The molecule has 2 aromatic heterocycles. The van der Waals surface area contributed by atoms with Gasteiger partial charge in [-0.15, -0.1) is 0 Å². The Labute approximate surface area is 133 Å². The first-order valence-electron chi connectivity index (χ1n) is 7.19. The molecule has 0 bridgehead atoms. The molecule has 0 saturated carbocycles. The zero-order valence-corrected chi connectivity index (χ0v) is 12.9. The fourth-order valence-corrected chi connectivity index (χ4v) is 2.25. The lowest BCUT2D eigenvalue weighted by Gasteiger charge is -2.07. The minimum Gasteiger partial charge on any atom is -0.456 e. The highest BCUT2D eigenvalue weighted by Gasteiger charge is 2.09. The number of aryl methyl sites for hydroxylation is 2. The molecule has 116 valence electrons. The Balaban J connectivity index is 1.66. The van der Waals surface area contributed by atoms with E-state index in [2.05, 4.69) is 15.1 Å². The topological polar surface area (TPSA) is 69.9 Å². The number of benzene rings is 1. The van der Waals surface area contributed by atoms with E-state index in [0.29, 0.717) is 0 Å². The van der Waals surface area contributed by atoms with Gasteiger partial charge in [-0.1, -0.05) is 12.1 Å². The van der Waals surface area contributed by atoms with Crippen molar-refractivity contribution in [2.24, 2.45) is 0 Å². The van der Waals surface area contributed by atoms with E-state index < -0.39 is 5.97 Å². The molecule has 0 aliphatic heterocycles. The Morgan fingerprint density at radius 1 is 1.17 bits per heavy atom. The smallest absolute Gasteiger partial charge is 0.358 e. The molecule has 0 atom stereocenters. The predicted octanol–water partition coefficient (Wildman–Crippen LogP) is 2.64. The summed E-state index contributed by atoms with van der Waals surface area (Å²) in [6.07, 6.45) is 4.35. The maximum Gasteiger partial charge on any atom is 0.358 e. The summed E-state index contributed by atoms with van der Waals surface area (Å²) >= 11 is 0. The molecule has 0 radical (unpaired) electrons. The minimum absolute atomic E-state index is 0.187. The first kappa shape index (κ1) is 14.9. The number of aromatic nitrogens is 4. The molecule has 2 heterocycles. The highest BCUT2D eigenvalue weighted by atomic mass is 16.5. The molecule has 23 heavy (non-hydrogen) atoms. The number of hydrogen-bond donors (Lipinski definition) is 0. The quantitative estimate of drug-likeness (QED) is 0.693. The summed E-state index contributed by atoms with van der Waals surface area (Å²) in [5.74, 6) is -0.485. The van der Waals surface area contributed by atoms with E-state index in [-0.39, 0.29) is 12.3 Å². The molecule has 0 aliphatic carbocycles. The van der Waals surface area contributed by atoms with Crippen LogP contribution in [0.5, 0.6) is 0 Å². The molecule has 3 rings (SSSR count). The highest BCUT2D eigenvalue weighted by molar-refractivity contribution is 5.86. The van der Waals surface area contributed by atoms with E-state index in [1.807, 2.05) is 48.9 Å². The van der Waals surface area contributed by atoms with Crippen LogP contribution in [0.4, 0.5) is 0 Å². The summed E-state index contributed by atoms with van der Waals surface area (Å²) in [6, 6.07) is 9.75. The average molecular weight is 308 g/mol. The second-order valence-electron chi connectivity index (χ2n) is 5.17. The fourth-order valence-electron chi connectivity index (χ4n) is 2.25. The molecule has 0 unspecified atom stereocenters. The van der Waals surface area contributed by atoms with Gasteiger partial charge in [0, 0.05) is 18.1 Å². The number of ether oxygens (including phenoxy) is 1. The van der Waals surface area contributed by atoms with E-state index in [9.17, 15) is 4.79 Å². The summed E-state index contributed by atoms with van der Waals surface area (Å²) < 4.78 is 7.10. The summed E-state index contributed by atoms with van der Waals surface area (Å²) in [7, 11) is 0. The van der Waals surface area contributed by atoms with Crippen LogP contribution >= 0.6 is 0 Å². The van der Waals surface area contributed by atoms with Gasteiger partial charge in [0.15, 0.2) is 5.69 Å². The third-order valence-electron chi connectivity index (χ3n) is 3.33. The van der Waals surface area contributed by atoms with Gasteiger partial charge in [-0.2, -0.15) is 5.10 Å². The van der Waals surface area contributed by atoms with Crippen LogP contribution in [0.2, 0.25) is 0 Å². The third-order valence-corrected chi connectivity index (χ3v) is 3.33. The van der Waals surface area contributed by atoms with Gasteiger partial charge in [0.25, 0.3) is 0 Å². The van der Waals surface area contributed by atoms with Gasteiger partial charge in [0.2, 0.25) is 0 Å². The first-order valence-corrected chi connectivity index (χ1v) is 7.19. The van der Waals surface area contributed by atoms with Gasteiger partial charge < -0.3 is 4.74 Å². The zero-order valence-electron chi connectivity index (χ0n) is 12.9. The first-order chi connectivity index (χ1) is 11.1. The molecule has 6 heteroatoms. The number of carbonyl (C=O) groups excluding carboxylic acids is 1. The van der Waals surface area contributed by atoms with Gasteiger partial charge in [-0.05, 0) is 37.6 Å². The van der Waals surface area contributed by atoms with Gasteiger partial charge >= 0.3 is 5.97 Å². The van der Waals surface area contributed by atoms with Crippen molar-refractivity contribution in [1.29, 1.82) is 0 Å². The van der Waals surface area contributed by atoms with Gasteiger partial charge in [-0.3, -0.25) is 4.98 Å². The van der Waals surface area contributed by atoms with Crippen molar-refractivity contribution in [3.63, 3.8) is 0 Å². The summed E-state index contributed by atoms with van der Waals surface area (Å²) in [4.78, 5) is 19.6. The lowest BCUT2D eigenvalue weighted by atomic mass is 10.2. The molecule has 0 saturated heterocycles. The van der Waals surface area contributed by atoms with Crippen molar-refractivity contribution >= 4 is 5.97 Å². The van der Waals surface area contributed by atoms with Crippen LogP contribution in [-0.4, -0.2) is 25.7 Å². The molecular weight excluding hydrogens is 292 g/mol. The van der Waals surface area contributed by atoms with Crippen molar-refractivity contribution in [3.8, 4) is 5.69 Å². The Bertz CT molecular complexity index is 810. The summed E-state index contributed by atoms with van der Waals surface area (Å²) in [6.45, 7) is 4.16. The van der Waals surface area contributed by atoms with Crippen LogP contribution in [0.15, 0.2) is 48.9 Å². The van der Waals surface area contributed by atoms with Crippen LogP contribution in [0.3, 0.4) is 0 Å². The lowest BCUT2D eigenvalue weighted by molar-refractivity contribution is 0.0465. The molecule has 6 nitrogen and oxygen atoms in total. The Morgan fingerprint density at radius 3 is 2.57 bits per heavy atom. The van der Waals surface area contributed by atoms with E-state index in [1.54, 1.807) is 0 Å². The number of esters is 1. The zero-order chi connectivity index (χ0) is 16.2. The van der Waals surface area contributed by atoms with Crippen LogP contribution in [-0.2, 0) is 11.3 Å². The molecule has 0 N–H and O–H groups in total. The second kappa shape index (κ2) is 6.39. The van der Waals surface area contributed by atoms with Crippen molar-refractivity contribution in [2.45, 2.75) is 20.5 Å². The van der Waals surface area contributed by atoms with Crippen LogP contribution in [0, 0.1) is 13.8 Å². The Hall–Kier alpha value is -3.02. The molecular formula is C17H16N4O2. The number of nitrogens with zero attached hydrogens (tertiary/aromatic N) is 4. The van der Waals surface area contributed by atoms with E-state index in [0.717, 1.165) is 22.6 Å². The molecule has 0 fully saturated rings. The van der Waals surface area contributed by atoms with Gasteiger partial charge in [-0.25, -0.2) is 14.5 Å². The third kappa shape index (κ3) is 3.42. The number of hydrogen-bond acceptors (Lipinski definition) is 5. The van der Waals surface area contributed by atoms with Crippen LogP contribution in [0.25, 0.3) is 5.69 Å². The van der Waals surface area contributed by atoms with Crippen molar-refractivity contribution in [3.05, 3.63) is 71.6 Å². The molecule has 0 spiro atoms. The maximum absolute atomic E-state index is 11.8.